The quantitative estimate of drug-likeness (QED) is 0.641. The zero-order chi connectivity index (χ0) is 10.7. The van der Waals surface area contributed by atoms with Crippen LogP contribution in [0.4, 0.5) is 0 Å². The molecule has 1 rings (SSSR count). The third-order valence-electron chi connectivity index (χ3n) is 1.93. The van der Waals surface area contributed by atoms with Crippen LogP contribution >= 0.6 is 0 Å². The molecule has 14 heavy (non-hydrogen) atoms. The van der Waals surface area contributed by atoms with Crippen LogP contribution in [0.3, 0.4) is 0 Å². The Morgan fingerprint density at radius 2 is 2.36 bits per heavy atom. The maximum Gasteiger partial charge on any atom is 0.305 e. The average Bonchev–Trinajstić information content (AvgIpc) is 2.08. The SMILES string of the molecule is Cc1cc(C(N)CC(=O)O)c[nH]c1=O. The van der Waals surface area contributed by atoms with E-state index >= 15 is 0 Å². The molecule has 1 heterocycles. The van der Waals surface area contributed by atoms with Crippen LogP contribution in [0.25, 0.3) is 0 Å². The Labute approximate surface area is 80.6 Å². The molecular formula is C9H12N2O3. The fourth-order valence-corrected chi connectivity index (χ4v) is 1.14. The molecular weight excluding hydrogens is 184 g/mol. The van der Waals surface area contributed by atoms with Gasteiger partial charge in [0.2, 0.25) is 0 Å². The predicted molar refractivity (Wildman–Crippen MR) is 51.0 cm³/mol. The van der Waals surface area contributed by atoms with Crippen molar-refractivity contribution in [3.63, 3.8) is 0 Å². The van der Waals surface area contributed by atoms with E-state index in [9.17, 15) is 9.59 Å². The Balaban J connectivity index is 2.91. The molecule has 0 saturated carbocycles. The molecule has 4 N–H and O–H groups in total. The van der Waals surface area contributed by atoms with Gasteiger partial charge in [0.25, 0.3) is 5.56 Å². The molecule has 76 valence electrons. The minimum Gasteiger partial charge on any atom is -0.481 e. The monoisotopic (exact) mass is 196 g/mol. The standard InChI is InChI=1S/C9H12N2O3/c1-5-2-6(4-11-9(5)14)7(10)3-8(12)13/h2,4,7H,3,10H2,1H3,(H,11,14)(H,12,13). The number of nitrogens with two attached hydrogens (primary N) is 1. The lowest BCUT2D eigenvalue weighted by molar-refractivity contribution is -0.137. The van der Waals surface area contributed by atoms with Crippen LogP contribution in [0.5, 0.6) is 0 Å². The molecule has 0 saturated heterocycles. The van der Waals surface area contributed by atoms with Crippen molar-refractivity contribution in [3.8, 4) is 0 Å². The molecule has 0 radical (unpaired) electrons. The zero-order valence-corrected chi connectivity index (χ0v) is 7.78. The lowest BCUT2D eigenvalue weighted by atomic mass is 10.1. The summed E-state index contributed by atoms with van der Waals surface area (Å²) in [4.78, 5) is 23.9. The van der Waals surface area contributed by atoms with E-state index < -0.39 is 12.0 Å². The number of rotatable bonds is 3. The molecule has 1 atom stereocenters. The molecule has 0 spiro atoms. The smallest absolute Gasteiger partial charge is 0.305 e. The molecule has 5 nitrogen and oxygen atoms in total. The maximum atomic E-state index is 11.0. The van der Waals surface area contributed by atoms with E-state index in [1.165, 1.54) is 6.20 Å². The normalized spacial score (nSPS) is 12.4. The van der Waals surface area contributed by atoms with Crippen LogP contribution in [0.2, 0.25) is 0 Å². The molecule has 0 aliphatic rings. The summed E-state index contributed by atoms with van der Waals surface area (Å²) in [6, 6.07) is 1.02. The van der Waals surface area contributed by atoms with E-state index in [0.717, 1.165) is 0 Å². The molecule has 0 aliphatic carbocycles. The first-order valence-corrected chi connectivity index (χ1v) is 4.17. The number of aryl methyl sites for hydroxylation is 1. The lowest BCUT2D eigenvalue weighted by Gasteiger charge is -2.08. The number of hydrogen-bond donors (Lipinski definition) is 3. The van der Waals surface area contributed by atoms with Gasteiger partial charge in [-0.1, -0.05) is 0 Å². The van der Waals surface area contributed by atoms with Gasteiger partial charge in [-0.15, -0.1) is 0 Å². The number of aliphatic carboxylic acids is 1. The van der Waals surface area contributed by atoms with Crippen molar-refractivity contribution >= 4 is 5.97 Å². The first kappa shape index (κ1) is 10.5. The summed E-state index contributed by atoms with van der Waals surface area (Å²) in [5.41, 5.74) is 6.59. The van der Waals surface area contributed by atoms with Gasteiger partial charge in [0.15, 0.2) is 0 Å². The van der Waals surface area contributed by atoms with Gasteiger partial charge in [0.1, 0.15) is 0 Å². The number of pyridine rings is 1. The van der Waals surface area contributed by atoms with Crippen LogP contribution in [0, 0.1) is 6.92 Å². The Hall–Kier alpha value is -1.62. The van der Waals surface area contributed by atoms with Crippen LogP contribution in [0.15, 0.2) is 17.1 Å². The number of carbonyl (C=O) groups is 1. The third-order valence-corrected chi connectivity index (χ3v) is 1.93. The zero-order valence-electron chi connectivity index (χ0n) is 7.78. The summed E-state index contributed by atoms with van der Waals surface area (Å²) in [5, 5.41) is 8.52. The molecule has 1 unspecified atom stereocenters. The van der Waals surface area contributed by atoms with E-state index in [1.807, 2.05) is 0 Å². The molecule has 0 fully saturated rings. The number of H-pyrrole nitrogens is 1. The average molecular weight is 196 g/mol. The molecule has 5 heteroatoms. The minimum absolute atomic E-state index is 0.147. The summed E-state index contributed by atoms with van der Waals surface area (Å²) >= 11 is 0. The van der Waals surface area contributed by atoms with Gasteiger partial charge >= 0.3 is 5.97 Å². The van der Waals surface area contributed by atoms with Gasteiger partial charge < -0.3 is 15.8 Å². The van der Waals surface area contributed by atoms with E-state index in [2.05, 4.69) is 4.98 Å². The molecule has 0 aromatic carbocycles. The number of nitrogens with one attached hydrogen (secondary N) is 1. The van der Waals surface area contributed by atoms with Gasteiger partial charge in [-0.05, 0) is 18.6 Å². The Morgan fingerprint density at radius 3 is 2.86 bits per heavy atom. The van der Waals surface area contributed by atoms with Crippen molar-refractivity contribution in [1.82, 2.24) is 4.98 Å². The van der Waals surface area contributed by atoms with Crippen LogP contribution in [0.1, 0.15) is 23.6 Å². The number of hydrogen-bond acceptors (Lipinski definition) is 3. The molecule has 0 aliphatic heterocycles. The Bertz CT molecular complexity index is 397. The van der Waals surface area contributed by atoms with E-state index in [1.54, 1.807) is 13.0 Å². The summed E-state index contributed by atoms with van der Waals surface area (Å²) in [5.74, 6) is -0.957. The largest absolute Gasteiger partial charge is 0.481 e. The molecule has 1 aromatic rings. The summed E-state index contributed by atoms with van der Waals surface area (Å²) in [6.07, 6.45) is 1.30. The molecule has 0 amide bonds. The van der Waals surface area contributed by atoms with Crippen LogP contribution in [-0.4, -0.2) is 16.1 Å². The third kappa shape index (κ3) is 2.43. The topological polar surface area (TPSA) is 96.2 Å². The van der Waals surface area contributed by atoms with Crippen molar-refractivity contribution in [2.75, 3.05) is 0 Å². The van der Waals surface area contributed by atoms with E-state index in [4.69, 9.17) is 10.8 Å². The van der Waals surface area contributed by atoms with E-state index in [0.29, 0.717) is 11.1 Å². The van der Waals surface area contributed by atoms with Crippen molar-refractivity contribution in [2.24, 2.45) is 5.73 Å². The van der Waals surface area contributed by atoms with Gasteiger partial charge in [-0.25, -0.2) is 0 Å². The summed E-state index contributed by atoms with van der Waals surface area (Å²) in [6.45, 7) is 1.65. The summed E-state index contributed by atoms with van der Waals surface area (Å²) < 4.78 is 0. The Kier molecular flexibility index (Phi) is 3.03. The second-order valence-corrected chi connectivity index (χ2v) is 3.15. The summed E-state index contributed by atoms with van der Waals surface area (Å²) in [7, 11) is 0. The highest BCUT2D eigenvalue weighted by molar-refractivity contribution is 5.67. The van der Waals surface area contributed by atoms with Crippen molar-refractivity contribution in [1.29, 1.82) is 0 Å². The van der Waals surface area contributed by atoms with Gasteiger partial charge in [-0.2, -0.15) is 0 Å². The van der Waals surface area contributed by atoms with E-state index in [-0.39, 0.29) is 12.0 Å². The van der Waals surface area contributed by atoms with Crippen molar-refractivity contribution < 1.29 is 9.90 Å². The molecule has 0 bridgehead atoms. The highest BCUT2D eigenvalue weighted by Gasteiger charge is 2.11. The van der Waals surface area contributed by atoms with Gasteiger partial charge in [0, 0.05) is 17.8 Å². The fourth-order valence-electron chi connectivity index (χ4n) is 1.14. The van der Waals surface area contributed by atoms with Gasteiger partial charge in [-0.3, -0.25) is 9.59 Å². The minimum atomic E-state index is -0.957. The highest BCUT2D eigenvalue weighted by Crippen LogP contribution is 2.12. The number of carboxylic acid groups (broad SMARTS) is 1. The fraction of sp³-hybridized carbons (Fsp3) is 0.333. The Morgan fingerprint density at radius 1 is 1.71 bits per heavy atom. The first-order valence-electron chi connectivity index (χ1n) is 4.17. The van der Waals surface area contributed by atoms with Crippen LogP contribution < -0.4 is 11.3 Å². The van der Waals surface area contributed by atoms with Crippen molar-refractivity contribution in [3.05, 3.63) is 33.7 Å². The number of carboxylic acids is 1. The number of aromatic amines is 1. The van der Waals surface area contributed by atoms with Crippen molar-refractivity contribution in [2.45, 2.75) is 19.4 Å². The second kappa shape index (κ2) is 4.06. The maximum absolute atomic E-state index is 11.0. The lowest BCUT2D eigenvalue weighted by Crippen LogP contribution is -2.18. The molecule has 1 aromatic heterocycles. The van der Waals surface area contributed by atoms with Gasteiger partial charge in [0.05, 0.1) is 6.42 Å². The second-order valence-electron chi connectivity index (χ2n) is 3.15. The number of aromatic nitrogens is 1. The first-order chi connectivity index (χ1) is 6.50. The highest BCUT2D eigenvalue weighted by atomic mass is 16.4. The van der Waals surface area contributed by atoms with Crippen LogP contribution in [-0.2, 0) is 4.79 Å². The predicted octanol–water partition coefficient (Wildman–Crippen LogP) is 0.158.